The maximum Gasteiger partial charge on any atom is 0.223 e. The van der Waals surface area contributed by atoms with Crippen molar-refractivity contribution in [2.24, 2.45) is 11.8 Å². The third-order valence-corrected chi connectivity index (χ3v) is 7.13. The highest BCUT2D eigenvalue weighted by Gasteiger charge is 2.32. The van der Waals surface area contributed by atoms with Gasteiger partial charge in [0, 0.05) is 31.0 Å². The van der Waals surface area contributed by atoms with E-state index in [0.29, 0.717) is 24.8 Å². The molecule has 2 amide bonds. The third-order valence-electron chi connectivity index (χ3n) is 7.13. The average molecular weight is 446 g/mol. The standard InChI is InChI=1S/C26H43N3O3/c1-6-18(2)23(27-5)14-15-24(30)29-16-10-13-22(29)17-19(3)26(32)28-20(4)25(31)21-11-8-7-9-12-21/h7-9,11-12,18-20,22-23,25,27,31H,6,10,13-17H2,1-5H3,(H,28,32)/t18-,19+,20+,22-,23+,25+/m0/s1. The molecule has 0 spiro atoms. The topological polar surface area (TPSA) is 81.7 Å². The fraction of sp³-hybridized carbons (Fsp3) is 0.692. The first-order chi connectivity index (χ1) is 15.3. The maximum atomic E-state index is 12.9. The van der Waals surface area contributed by atoms with E-state index in [4.69, 9.17) is 0 Å². The Morgan fingerprint density at radius 2 is 1.88 bits per heavy atom. The molecule has 6 heteroatoms. The Morgan fingerprint density at radius 3 is 2.50 bits per heavy atom. The monoisotopic (exact) mass is 445 g/mol. The molecule has 0 unspecified atom stereocenters. The minimum atomic E-state index is -0.748. The molecule has 0 radical (unpaired) electrons. The Hall–Kier alpha value is -1.92. The Bertz CT molecular complexity index is 712. The van der Waals surface area contributed by atoms with Crippen molar-refractivity contribution in [3.8, 4) is 0 Å². The lowest BCUT2D eigenvalue weighted by Gasteiger charge is -2.29. The van der Waals surface area contributed by atoms with Crippen molar-refractivity contribution in [1.82, 2.24) is 15.5 Å². The van der Waals surface area contributed by atoms with Gasteiger partial charge in [-0.25, -0.2) is 0 Å². The van der Waals surface area contributed by atoms with Crippen LogP contribution < -0.4 is 10.6 Å². The zero-order valence-electron chi connectivity index (χ0n) is 20.5. The normalized spacial score (nSPS) is 20.9. The molecule has 32 heavy (non-hydrogen) atoms. The number of hydrogen-bond donors (Lipinski definition) is 3. The molecule has 1 heterocycles. The van der Waals surface area contributed by atoms with Gasteiger partial charge in [0.05, 0.1) is 12.1 Å². The van der Waals surface area contributed by atoms with Gasteiger partial charge in [0.1, 0.15) is 0 Å². The van der Waals surface area contributed by atoms with Crippen molar-refractivity contribution < 1.29 is 14.7 Å². The van der Waals surface area contributed by atoms with Gasteiger partial charge in [-0.3, -0.25) is 9.59 Å². The molecule has 0 aliphatic carbocycles. The minimum Gasteiger partial charge on any atom is -0.386 e. The summed E-state index contributed by atoms with van der Waals surface area (Å²) in [4.78, 5) is 27.7. The van der Waals surface area contributed by atoms with Crippen LogP contribution >= 0.6 is 0 Å². The largest absolute Gasteiger partial charge is 0.386 e. The first-order valence-electron chi connectivity index (χ1n) is 12.3. The van der Waals surface area contributed by atoms with Gasteiger partial charge in [-0.15, -0.1) is 0 Å². The van der Waals surface area contributed by atoms with Crippen molar-refractivity contribution in [3.05, 3.63) is 35.9 Å². The van der Waals surface area contributed by atoms with Crippen LogP contribution in [-0.4, -0.2) is 53.5 Å². The Kier molecular flexibility index (Phi) is 10.7. The summed E-state index contributed by atoms with van der Waals surface area (Å²) in [6.07, 6.45) is 4.34. The number of hydrogen-bond acceptors (Lipinski definition) is 4. The van der Waals surface area contributed by atoms with Crippen LogP contribution in [0.1, 0.15) is 77.9 Å². The summed E-state index contributed by atoms with van der Waals surface area (Å²) < 4.78 is 0. The highest BCUT2D eigenvalue weighted by molar-refractivity contribution is 5.79. The molecule has 3 N–H and O–H groups in total. The molecule has 1 aromatic rings. The van der Waals surface area contributed by atoms with Gasteiger partial charge < -0.3 is 20.6 Å². The zero-order valence-corrected chi connectivity index (χ0v) is 20.5. The van der Waals surface area contributed by atoms with E-state index in [1.165, 1.54) is 0 Å². The van der Waals surface area contributed by atoms with Crippen molar-refractivity contribution in [1.29, 1.82) is 0 Å². The van der Waals surface area contributed by atoms with Gasteiger partial charge in [-0.05, 0) is 51.1 Å². The number of rotatable bonds is 12. The second-order valence-corrected chi connectivity index (χ2v) is 9.49. The van der Waals surface area contributed by atoms with E-state index in [1.54, 1.807) is 0 Å². The van der Waals surface area contributed by atoms with E-state index in [9.17, 15) is 14.7 Å². The summed E-state index contributed by atoms with van der Waals surface area (Å²) >= 11 is 0. The molecule has 1 fully saturated rings. The number of aliphatic hydroxyl groups is 1. The molecule has 0 bridgehead atoms. The average Bonchev–Trinajstić information content (AvgIpc) is 3.27. The number of likely N-dealkylation sites (tertiary alicyclic amines) is 1. The third kappa shape index (κ3) is 7.31. The van der Waals surface area contributed by atoms with Gasteiger partial charge in [-0.1, -0.05) is 57.5 Å². The fourth-order valence-electron chi connectivity index (χ4n) is 4.73. The quantitative estimate of drug-likeness (QED) is 0.459. The molecule has 180 valence electrons. The molecule has 6 nitrogen and oxygen atoms in total. The number of nitrogens with zero attached hydrogens (tertiary/aromatic N) is 1. The van der Waals surface area contributed by atoms with Crippen LogP contribution in [0.25, 0.3) is 0 Å². The van der Waals surface area contributed by atoms with Crippen LogP contribution in [0.2, 0.25) is 0 Å². The Morgan fingerprint density at radius 1 is 1.19 bits per heavy atom. The molecule has 0 aromatic heterocycles. The number of amides is 2. The van der Waals surface area contributed by atoms with Gasteiger partial charge >= 0.3 is 0 Å². The Labute approximate surface area is 194 Å². The second kappa shape index (κ2) is 12.9. The highest BCUT2D eigenvalue weighted by atomic mass is 16.3. The fourth-order valence-corrected chi connectivity index (χ4v) is 4.73. The van der Waals surface area contributed by atoms with E-state index in [2.05, 4.69) is 24.5 Å². The molecule has 2 rings (SSSR count). The molecule has 1 aliphatic heterocycles. The van der Waals surface area contributed by atoms with E-state index in [0.717, 1.165) is 37.8 Å². The van der Waals surface area contributed by atoms with Gasteiger partial charge in [0.15, 0.2) is 0 Å². The van der Waals surface area contributed by atoms with Gasteiger partial charge in [0.25, 0.3) is 0 Å². The van der Waals surface area contributed by atoms with Crippen LogP contribution in [0.3, 0.4) is 0 Å². The molecule has 1 aliphatic rings. The highest BCUT2D eigenvalue weighted by Crippen LogP contribution is 2.26. The molecular weight excluding hydrogens is 402 g/mol. The lowest BCUT2D eigenvalue weighted by molar-refractivity contribution is -0.134. The molecule has 0 saturated carbocycles. The van der Waals surface area contributed by atoms with E-state index in [-0.39, 0.29) is 29.8 Å². The molecule has 6 atom stereocenters. The van der Waals surface area contributed by atoms with E-state index in [1.807, 2.05) is 56.1 Å². The molecular formula is C26H43N3O3. The van der Waals surface area contributed by atoms with Crippen LogP contribution in [0, 0.1) is 11.8 Å². The van der Waals surface area contributed by atoms with Crippen LogP contribution in [0.15, 0.2) is 30.3 Å². The zero-order chi connectivity index (χ0) is 23.7. The summed E-state index contributed by atoms with van der Waals surface area (Å²) in [5, 5.41) is 16.8. The predicted molar refractivity (Wildman–Crippen MR) is 129 cm³/mol. The van der Waals surface area contributed by atoms with Crippen LogP contribution in [-0.2, 0) is 9.59 Å². The van der Waals surface area contributed by atoms with Crippen molar-refractivity contribution in [3.63, 3.8) is 0 Å². The number of benzene rings is 1. The van der Waals surface area contributed by atoms with Crippen LogP contribution in [0.5, 0.6) is 0 Å². The first-order valence-corrected chi connectivity index (χ1v) is 12.3. The van der Waals surface area contributed by atoms with Gasteiger partial charge in [-0.2, -0.15) is 0 Å². The molecule has 1 aromatic carbocycles. The number of aliphatic hydroxyl groups excluding tert-OH is 1. The van der Waals surface area contributed by atoms with Crippen LogP contribution in [0.4, 0.5) is 0 Å². The summed E-state index contributed by atoms with van der Waals surface area (Å²) in [6, 6.07) is 9.47. The maximum absolute atomic E-state index is 12.9. The number of carbonyl (C=O) groups is 2. The lowest BCUT2D eigenvalue weighted by Crippen LogP contribution is -2.43. The Balaban J connectivity index is 1.86. The summed E-state index contributed by atoms with van der Waals surface area (Å²) in [5.74, 6) is 0.457. The summed E-state index contributed by atoms with van der Waals surface area (Å²) in [7, 11) is 1.97. The first kappa shape index (κ1) is 26.3. The van der Waals surface area contributed by atoms with E-state index < -0.39 is 6.10 Å². The van der Waals surface area contributed by atoms with Crippen molar-refractivity contribution in [2.75, 3.05) is 13.6 Å². The summed E-state index contributed by atoms with van der Waals surface area (Å²) in [6.45, 7) is 8.93. The van der Waals surface area contributed by atoms with E-state index >= 15 is 0 Å². The second-order valence-electron chi connectivity index (χ2n) is 9.49. The predicted octanol–water partition coefficient (Wildman–Crippen LogP) is 3.66. The number of nitrogens with one attached hydrogen (secondary N) is 2. The minimum absolute atomic E-state index is 0.0706. The van der Waals surface area contributed by atoms with Crippen molar-refractivity contribution >= 4 is 11.8 Å². The number of carbonyl (C=O) groups excluding carboxylic acids is 2. The smallest absolute Gasteiger partial charge is 0.223 e. The molecule has 1 saturated heterocycles. The SMILES string of the molecule is CC[C@H](C)[C@@H](CCC(=O)N1CCC[C@H]1C[C@@H](C)C(=O)N[C@H](C)[C@@H](O)c1ccccc1)NC. The van der Waals surface area contributed by atoms with Gasteiger partial charge in [0.2, 0.25) is 11.8 Å². The van der Waals surface area contributed by atoms with Crippen molar-refractivity contribution in [2.45, 2.75) is 90.4 Å². The summed E-state index contributed by atoms with van der Waals surface area (Å²) in [5.41, 5.74) is 0.790. The lowest BCUT2D eigenvalue weighted by atomic mass is 9.94.